The summed E-state index contributed by atoms with van der Waals surface area (Å²) in [6, 6.07) is 11.6. The van der Waals surface area contributed by atoms with Crippen LogP contribution in [0.5, 0.6) is 5.75 Å². The number of thioether (sulfide) groups is 1. The first-order chi connectivity index (χ1) is 12.6. The van der Waals surface area contributed by atoms with Gasteiger partial charge in [-0.15, -0.1) is 5.10 Å². The highest BCUT2D eigenvalue weighted by Gasteiger charge is 2.16. The van der Waals surface area contributed by atoms with Crippen molar-refractivity contribution in [2.45, 2.75) is 24.9 Å². The quantitative estimate of drug-likeness (QED) is 0.481. The van der Waals surface area contributed by atoms with Crippen LogP contribution in [0.3, 0.4) is 0 Å². The third-order valence-electron chi connectivity index (χ3n) is 3.84. The summed E-state index contributed by atoms with van der Waals surface area (Å²) in [6.45, 7) is 2.05. The van der Waals surface area contributed by atoms with Crippen LogP contribution in [0.2, 0.25) is 0 Å². The summed E-state index contributed by atoms with van der Waals surface area (Å²) in [7, 11) is 1.57. The van der Waals surface area contributed by atoms with Crippen LogP contribution in [0.25, 0.3) is 16.8 Å². The van der Waals surface area contributed by atoms with Crippen molar-refractivity contribution in [3.05, 3.63) is 52.7 Å². The van der Waals surface area contributed by atoms with Crippen LogP contribution in [0, 0.1) is 0 Å². The molecule has 6 nitrogen and oxygen atoms in total. The molecule has 0 saturated carbocycles. The van der Waals surface area contributed by atoms with Crippen molar-refractivity contribution in [2.75, 3.05) is 7.11 Å². The maximum absolute atomic E-state index is 11.8. The number of nitrogens with zero attached hydrogens (tertiary/aromatic N) is 2. The molecule has 0 aliphatic carbocycles. The number of aromatic amines is 1. The van der Waals surface area contributed by atoms with Crippen molar-refractivity contribution < 1.29 is 14.6 Å². The fourth-order valence-electron chi connectivity index (χ4n) is 2.64. The Balaban J connectivity index is 2.03. The fraction of sp³-hybridized carbons (Fsp3) is 0.211. The number of carboxylic acid groups (broad SMARTS) is 1. The Labute approximate surface area is 155 Å². The van der Waals surface area contributed by atoms with E-state index in [2.05, 4.69) is 15.2 Å². The molecule has 1 heterocycles. The summed E-state index contributed by atoms with van der Waals surface area (Å²) in [5, 5.41) is 18.9. The van der Waals surface area contributed by atoms with Gasteiger partial charge in [0.05, 0.1) is 7.11 Å². The molecule has 0 aliphatic rings. The number of methoxy groups -OCH3 is 1. The van der Waals surface area contributed by atoms with E-state index in [1.165, 1.54) is 0 Å². The van der Waals surface area contributed by atoms with Gasteiger partial charge in [-0.2, -0.15) is 0 Å². The monoisotopic (exact) mass is 369 g/mol. The van der Waals surface area contributed by atoms with Crippen LogP contribution in [-0.4, -0.2) is 33.4 Å². The zero-order chi connectivity index (χ0) is 18.5. The number of fused-ring (bicyclic) bond motifs is 1. The summed E-state index contributed by atoms with van der Waals surface area (Å²) < 4.78 is 5.44. The molecule has 0 saturated heterocycles. The second-order valence-corrected chi connectivity index (χ2v) is 6.64. The highest BCUT2D eigenvalue weighted by molar-refractivity contribution is 8.04. The van der Waals surface area contributed by atoms with Gasteiger partial charge in [0.1, 0.15) is 16.5 Å². The van der Waals surface area contributed by atoms with Gasteiger partial charge in [0, 0.05) is 12.0 Å². The third kappa shape index (κ3) is 3.88. The van der Waals surface area contributed by atoms with Crippen molar-refractivity contribution in [1.29, 1.82) is 0 Å². The number of carboxylic acids is 1. The Kier molecular flexibility index (Phi) is 5.58. The SMILES string of the molecule is CCCc1nc(S/C(=C\c2c(OC)ccc3ccccc23)C(=O)O)n[nH]1. The van der Waals surface area contributed by atoms with Gasteiger partial charge in [0.25, 0.3) is 0 Å². The van der Waals surface area contributed by atoms with Crippen LogP contribution >= 0.6 is 11.8 Å². The first-order valence-corrected chi connectivity index (χ1v) is 9.04. The van der Waals surface area contributed by atoms with Crippen molar-refractivity contribution >= 4 is 34.6 Å². The zero-order valence-electron chi connectivity index (χ0n) is 14.5. The number of nitrogens with one attached hydrogen (secondary N) is 1. The van der Waals surface area contributed by atoms with E-state index in [1.807, 2.05) is 43.3 Å². The predicted molar refractivity (Wildman–Crippen MR) is 102 cm³/mol. The van der Waals surface area contributed by atoms with E-state index in [0.717, 1.165) is 46.8 Å². The second kappa shape index (κ2) is 8.05. The van der Waals surface area contributed by atoms with Gasteiger partial charge in [-0.3, -0.25) is 5.10 Å². The Morgan fingerprint density at radius 1 is 1.31 bits per heavy atom. The molecule has 0 unspecified atom stereocenters. The van der Waals surface area contributed by atoms with E-state index in [1.54, 1.807) is 13.2 Å². The number of aromatic nitrogens is 3. The van der Waals surface area contributed by atoms with E-state index in [9.17, 15) is 9.90 Å². The number of aryl methyl sites for hydroxylation is 1. The molecule has 134 valence electrons. The van der Waals surface area contributed by atoms with E-state index in [4.69, 9.17) is 4.74 Å². The van der Waals surface area contributed by atoms with Gasteiger partial charge < -0.3 is 9.84 Å². The molecule has 0 bridgehead atoms. The third-order valence-corrected chi connectivity index (χ3v) is 4.71. The van der Waals surface area contributed by atoms with Crippen molar-refractivity contribution in [2.24, 2.45) is 0 Å². The average Bonchev–Trinajstić information content (AvgIpc) is 3.08. The van der Waals surface area contributed by atoms with E-state index in [-0.39, 0.29) is 4.91 Å². The zero-order valence-corrected chi connectivity index (χ0v) is 15.3. The number of benzene rings is 2. The number of rotatable bonds is 7. The van der Waals surface area contributed by atoms with Gasteiger partial charge in [-0.1, -0.05) is 37.3 Å². The molecule has 2 aromatic carbocycles. The van der Waals surface area contributed by atoms with E-state index < -0.39 is 5.97 Å². The number of ether oxygens (including phenoxy) is 1. The summed E-state index contributed by atoms with van der Waals surface area (Å²) in [5.41, 5.74) is 0.722. The first kappa shape index (κ1) is 18.0. The van der Waals surface area contributed by atoms with Crippen LogP contribution in [-0.2, 0) is 11.2 Å². The molecule has 2 N–H and O–H groups in total. The molecule has 0 atom stereocenters. The maximum Gasteiger partial charge on any atom is 0.342 e. The molecular weight excluding hydrogens is 350 g/mol. The van der Waals surface area contributed by atoms with Crippen LogP contribution in [0.4, 0.5) is 0 Å². The van der Waals surface area contributed by atoms with Gasteiger partial charge in [-0.05, 0) is 41.1 Å². The van der Waals surface area contributed by atoms with Crippen LogP contribution in [0.1, 0.15) is 24.7 Å². The van der Waals surface area contributed by atoms with Crippen LogP contribution < -0.4 is 4.74 Å². The van der Waals surface area contributed by atoms with Crippen molar-refractivity contribution in [3.63, 3.8) is 0 Å². The van der Waals surface area contributed by atoms with Crippen molar-refractivity contribution in [3.8, 4) is 5.75 Å². The number of hydrogen-bond acceptors (Lipinski definition) is 5. The summed E-state index contributed by atoms with van der Waals surface area (Å²) in [6.07, 6.45) is 3.33. The molecule has 7 heteroatoms. The number of carbonyl (C=O) groups is 1. The topological polar surface area (TPSA) is 88.1 Å². The maximum atomic E-state index is 11.8. The minimum atomic E-state index is -1.04. The first-order valence-electron chi connectivity index (χ1n) is 8.22. The second-order valence-electron chi connectivity index (χ2n) is 5.63. The number of H-pyrrole nitrogens is 1. The molecule has 0 radical (unpaired) electrons. The Morgan fingerprint density at radius 3 is 2.85 bits per heavy atom. The smallest absolute Gasteiger partial charge is 0.342 e. The molecule has 0 fully saturated rings. The Hall–Kier alpha value is -2.80. The summed E-state index contributed by atoms with van der Waals surface area (Å²) in [5.74, 6) is 0.332. The Morgan fingerprint density at radius 2 is 2.12 bits per heavy atom. The minimum absolute atomic E-state index is 0.127. The van der Waals surface area contributed by atoms with Crippen LogP contribution in [0.15, 0.2) is 46.5 Å². The molecule has 3 aromatic rings. The van der Waals surface area contributed by atoms with Gasteiger partial charge in [0.15, 0.2) is 0 Å². The predicted octanol–water partition coefficient (Wildman–Crippen LogP) is 4.14. The highest BCUT2D eigenvalue weighted by Crippen LogP contribution is 2.33. The fourth-order valence-corrected chi connectivity index (χ4v) is 3.35. The lowest BCUT2D eigenvalue weighted by Gasteiger charge is -2.10. The molecule has 1 aromatic heterocycles. The van der Waals surface area contributed by atoms with Gasteiger partial charge in [-0.25, -0.2) is 9.78 Å². The minimum Gasteiger partial charge on any atom is -0.496 e. The van der Waals surface area contributed by atoms with Crippen molar-refractivity contribution in [1.82, 2.24) is 15.2 Å². The lowest BCUT2D eigenvalue weighted by atomic mass is 10.0. The standard InChI is InChI=1S/C19H19N3O3S/c1-3-6-17-20-19(22-21-17)26-16(18(23)24)11-14-13-8-5-4-7-12(13)9-10-15(14)25-2/h4-5,7-11H,3,6H2,1-2H3,(H,23,24)(H,20,21,22)/b16-11-. The molecule has 0 aliphatic heterocycles. The molecule has 26 heavy (non-hydrogen) atoms. The lowest BCUT2D eigenvalue weighted by molar-refractivity contribution is -0.131. The Bertz CT molecular complexity index is 966. The van der Waals surface area contributed by atoms with Gasteiger partial charge >= 0.3 is 5.97 Å². The van der Waals surface area contributed by atoms with E-state index in [0.29, 0.717) is 10.9 Å². The molecular formula is C19H19N3O3S. The number of aliphatic carboxylic acids is 1. The van der Waals surface area contributed by atoms with Gasteiger partial charge in [0.2, 0.25) is 5.16 Å². The molecule has 0 spiro atoms. The summed E-state index contributed by atoms with van der Waals surface area (Å²) in [4.78, 5) is 16.2. The molecule has 3 rings (SSSR count). The molecule has 0 amide bonds. The highest BCUT2D eigenvalue weighted by atomic mass is 32.2. The largest absolute Gasteiger partial charge is 0.496 e. The number of hydrogen-bond donors (Lipinski definition) is 2. The van der Waals surface area contributed by atoms with E-state index >= 15 is 0 Å². The lowest BCUT2D eigenvalue weighted by Crippen LogP contribution is -1.98. The summed E-state index contributed by atoms with van der Waals surface area (Å²) >= 11 is 1.02. The normalized spacial score (nSPS) is 11.7. The average molecular weight is 369 g/mol.